The number of phenolic OH excluding ortho intramolecular Hbond substituents is 1. The summed E-state index contributed by atoms with van der Waals surface area (Å²) in [5, 5.41) is 13.3. The number of ether oxygens (including phenoxy) is 2. The Labute approximate surface area is 165 Å². The molecule has 0 fully saturated rings. The molecular formula is C22H27NO5. The van der Waals surface area contributed by atoms with E-state index in [-0.39, 0.29) is 23.6 Å². The number of carbonyl (C=O) groups is 2. The first-order valence-electron chi connectivity index (χ1n) is 9.46. The number of Topliss-reactive ketones (excluding diaryl/α,β-unsaturated/α-hetero) is 1. The van der Waals surface area contributed by atoms with Crippen LogP contribution in [0, 0.1) is 5.41 Å². The first-order chi connectivity index (χ1) is 13.2. The normalized spacial score (nSPS) is 21.2. The van der Waals surface area contributed by atoms with Gasteiger partial charge in [-0.05, 0) is 43.4 Å². The fourth-order valence-electron chi connectivity index (χ4n) is 4.12. The molecule has 3 rings (SSSR count). The Balaban J connectivity index is 2.21. The van der Waals surface area contributed by atoms with Crippen LogP contribution in [0.2, 0.25) is 0 Å². The molecule has 2 aliphatic rings. The molecule has 0 saturated carbocycles. The first kappa shape index (κ1) is 20.0. The zero-order valence-corrected chi connectivity index (χ0v) is 17.0. The lowest BCUT2D eigenvalue weighted by Gasteiger charge is -2.39. The summed E-state index contributed by atoms with van der Waals surface area (Å²) in [5.74, 6) is -0.696. The Morgan fingerprint density at radius 1 is 1.32 bits per heavy atom. The van der Waals surface area contributed by atoms with Crippen molar-refractivity contribution >= 4 is 11.8 Å². The maximum atomic E-state index is 13.1. The summed E-state index contributed by atoms with van der Waals surface area (Å²) in [6.07, 6.45) is 1.13. The van der Waals surface area contributed by atoms with Crippen LogP contribution in [-0.2, 0) is 14.3 Å². The number of hydrogen-bond acceptors (Lipinski definition) is 6. The first-order valence-corrected chi connectivity index (χ1v) is 9.46. The molecule has 0 saturated heterocycles. The fraction of sp³-hybridized carbons (Fsp3) is 0.455. The highest BCUT2D eigenvalue weighted by atomic mass is 16.5. The zero-order chi connectivity index (χ0) is 20.6. The molecule has 1 aromatic carbocycles. The second-order valence-electron chi connectivity index (χ2n) is 8.08. The van der Waals surface area contributed by atoms with Gasteiger partial charge in [0.15, 0.2) is 17.3 Å². The summed E-state index contributed by atoms with van der Waals surface area (Å²) >= 11 is 0. The number of ketones is 1. The number of methoxy groups -OCH3 is 1. The van der Waals surface area contributed by atoms with Gasteiger partial charge in [-0.1, -0.05) is 19.9 Å². The van der Waals surface area contributed by atoms with Crippen LogP contribution in [0.25, 0.3) is 0 Å². The summed E-state index contributed by atoms with van der Waals surface area (Å²) in [6.45, 7) is 7.95. The minimum atomic E-state index is -0.562. The highest BCUT2D eigenvalue weighted by Gasteiger charge is 2.43. The van der Waals surface area contributed by atoms with Gasteiger partial charge in [0.25, 0.3) is 0 Å². The van der Waals surface area contributed by atoms with Gasteiger partial charge < -0.3 is 19.9 Å². The van der Waals surface area contributed by atoms with Crippen LogP contribution in [0.15, 0.2) is 40.7 Å². The van der Waals surface area contributed by atoms with Crippen LogP contribution in [-0.4, -0.2) is 30.6 Å². The Bertz CT molecular complexity index is 894. The quantitative estimate of drug-likeness (QED) is 0.771. The summed E-state index contributed by atoms with van der Waals surface area (Å²) in [7, 11) is 1.47. The summed E-state index contributed by atoms with van der Waals surface area (Å²) in [5.41, 5.74) is 3.10. The molecule has 0 bridgehead atoms. The molecule has 1 aromatic rings. The highest BCUT2D eigenvalue weighted by Crippen LogP contribution is 2.47. The van der Waals surface area contributed by atoms with E-state index in [1.165, 1.54) is 13.2 Å². The molecule has 2 N–H and O–H groups in total. The van der Waals surface area contributed by atoms with Crippen molar-refractivity contribution in [2.75, 3.05) is 13.7 Å². The second-order valence-corrected chi connectivity index (χ2v) is 8.08. The van der Waals surface area contributed by atoms with Crippen LogP contribution in [0.5, 0.6) is 11.5 Å². The van der Waals surface area contributed by atoms with Gasteiger partial charge in [0, 0.05) is 29.3 Å². The van der Waals surface area contributed by atoms with Gasteiger partial charge in [0.05, 0.1) is 19.3 Å². The Morgan fingerprint density at radius 2 is 2.04 bits per heavy atom. The average molecular weight is 385 g/mol. The maximum Gasteiger partial charge on any atom is 0.336 e. The Morgan fingerprint density at radius 3 is 2.68 bits per heavy atom. The van der Waals surface area contributed by atoms with Crippen molar-refractivity contribution in [3.63, 3.8) is 0 Å². The highest BCUT2D eigenvalue weighted by molar-refractivity contribution is 6.04. The number of benzene rings is 1. The third-order valence-electron chi connectivity index (χ3n) is 5.27. The van der Waals surface area contributed by atoms with Crippen molar-refractivity contribution in [3.8, 4) is 11.5 Å². The van der Waals surface area contributed by atoms with E-state index in [9.17, 15) is 14.7 Å². The Kier molecular flexibility index (Phi) is 5.24. The Hall–Kier alpha value is -2.76. The van der Waals surface area contributed by atoms with E-state index in [0.717, 1.165) is 5.70 Å². The van der Waals surface area contributed by atoms with Crippen molar-refractivity contribution in [1.29, 1.82) is 0 Å². The predicted molar refractivity (Wildman–Crippen MR) is 105 cm³/mol. The van der Waals surface area contributed by atoms with Crippen molar-refractivity contribution < 1.29 is 24.2 Å². The van der Waals surface area contributed by atoms with Crippen LogP contribution in [0.4, 0.5) is 0 Å². The molecule has 0 spiro atoms. The van der Waals surface area contributed by atoms with Gasteiger partial charge in [-0.25, -0.2) is 4.79 Å². The van der Waals surface area contributed by atoms with Crippen molar-refractivity contribution in [2.45, 2.75) is 46.5 Å². The lowest BCUT2D eigenvalue weighted by atomic mass is 9.68. The number of carbonyl (C=O) groups excluding carboxylic acids is 2. The number of dihydropyridines is 1. The smallest absolute Gasteiger partial charge is 0.336 e. The summed E-state index contributed by atoms with van der Waals surface area (Å²) < 4.78 is 10.5. The van der Waals surface area contributed by atoms with E-state index in [1.807, 2.05) is 6.92 Å². The molecule has 0 amide bonds. The maximum absolute atomic E-state index is 13.1. The van der Waals surface area contributed by atoms with E-state index in [4.69, 9.17) is 9.47 Å². The van der Waals surface area contributed by atoms with Crippen LogP contribution >= 0.6 is 0 Å². The number of allylic oxidation sites excluding steroid dienone is 3. The van der Waals surface area contributed by atoms with E-state index in [0.29, 0.717) is 41.0 Å². The average Bonchev–Trinajstić information content (AvgIpc) is 2.60. The monoisotopic (exact) mass is 385 g/mol. The van der Waals surface area contributed by atoms with Crippen LogP contribution in [0.3, 0.4) is 0 Å². The van der Waals surface area contributed by atoms with Gasteiger partial charge in [-0.3, -0.25) is 4.79 Å². The largest absolute Gasteiger partial charge is 0.504 e. The van der Waals surface area contributed by atoms with Crippen LogP contribution in [0.1, 0.15) is 52.0 Å². The molecule has 1 heterocycles. The van der Waals surface area contributed by atoms with Gasteiger partial charge in [-0.15, -0.1) is 0 Å². The molecule has 1 atom stereocenters. The summed E-state index contributed by atoms with van der Waals surface area (Å²) in [4.78, 5) is 25.9. The number of phenols is 1. The third-order valence-corrected chi connectivity index (χ3v) is 5.27. The molecule has 1 aliphatic heterocycles. The van der Waals surface area contributed by atoms with E-state index >= 15 is 0 Å². The third kappa shape index (κ3) is 3.51. The lowest BCUT2D eigenvalue weighted by molar-refractivity contribution is -0.138. The number of hydrogen-bond donors (Lipinski definition) is 2. The topological polar surface area (TPSA) is 84.9 Å². The van der Waals surface area contributed by atoms with Gasteiger partial charge in [-0.2, -0.15) is 0 Å². The molecule has 28 heavy (non-hydrogen) atoms. The molecule has 0 radical (unpaired) electrons. The van der Waals surface area contributed by atoms with E-state index < -0.39 is 11.9 Å². The zero-order valence-electron chi connectivity index (χ0n) is 17.0. The van der Waals surface area contributed by atoms with Crippen molar-refractivity contribution in [3.05, 3.63) is 46.3 Å². The number of esters is 1. The number of aromatic hydroxyl groups is 1. The minimum Gasteiger partial charge on any atom is -0.504 e. The number of rotatable bonds is 4. The van der Waals surface area contributed by atoms with Crippen molar-refractivity contribution in [1.82, 2.24) is 5.32 Å². The molecule has 1 aliphatic carbocycles. The molecular weight excluding hydrogens is 358 g/mol. The van der Waals surface area contributed by atoms with Gasteiger partial charge >= 0.3 is 5.97 Å². The van der Waals surface area contributed by atoms with Crippen LogP contribution < -0.4 is 10.1 Å². The SMILES string of the molecule is CCOC(=O)C1=C(C)NC2=C(C(=O)CC(C)(C)C2)[C@H]1c1ccc(O)c(OC)c1. The number of nitrogens with one attached hydrogen (secondary N) is 1. The van der Waals surface area contributed by atoms with Crippen molar-refractivity contribution in [2.24, 2.45) is 5.41 Å². The molecule has 0 aromatic heterocycles. The minimum absolute atomic E-state index is 0.00359. The standard InChI is InChI=1S/C22H27NO5/c1-6-28-21(26)18-12(2)23-14-10-22(3,4)11-16(25)20(14)19(18)13-7-8-15(24)17(9-13)27-5/h7-9,19,23-24H,6,10-11H2,1-5H3/t19-/m0/s1. The van der Waals surface area contributed by atoms with E-state index in [2.05, 4.69) is 19.2 Å². The van der Waals surface area contributed by atoms with E-state index in [1.54, 1.807) is 19.1 Å². The predicted octanol–water partition coefficient (Wildman–Crippen LogP) is 3.57. The lowest BCUT2D eigenvalue weighted by Crippen LogP contribution is -2.38. The molecule has 6 nitrogen and oxygen atoms in total. The molecule has 150 valence electrons. The fourth-order valence-corrected chi connectivity index (χ4v) is 4.12. The molecule has 6 heteroatoms. The molecule has 0 unspecified atom stereocenters. The van der Waals surface area contributed by atoms with Gasteiger partial charge in [0.1, 0.15) is 0 Å². The summed E-state index contributed by atoms with van der Waals surface area (Å²) in [6, 6.07) is 4.92. The second kappa shape index (κ2) is 7.34. The van der Waals surface area contributed by atoms with Gasteiger partial charge in [0.2, 0.25) is 0 Å².